The Labute approximate surface area is 115 Å². The first-order chi connectivity index (χ1) is 8.80. The van der Waals surface area contributed by atoms with Crippen LogP contribution in [0.1, 0.15) is 24.3 Å². The number of amides is 1. The molecule has 1 N–H and O–H groups in total. The first-order valence-electron chi connectivity index (χ1n) is 5.54. The van der Waals surface area contributed by atoms with Gasteiger partial charge in [0.2, 0.25) is 0 Å². The number of nitrogens with zero attached hydrogens (tertiary/aromatic N) is 1. The van der Waals surface area contributed by atoms with E-state index in [0.29, 0.717) is 5.56 Å². The molecule has 1 saturated heterocycles. The van der Waals surface area contributed by atoms with Crippen LogP contribution in [0.25, 0.3) is 0 Å². The number of sulfonamides is 1. The van der Waals surface area contributed by atoms with Gasteiger partial charge in [0.1, 0.15) is 6.61 Å². The van der Waals surface area contributed by atoms with E-state index in [1.54, 1.807) is 11.4 Å². The monoisotopic (exact) mass is 299 g/mol. The molecule has 0 unspecified atom stereocenters. The number of hydrogen-bond acceptors (Lipinski definition) is 5. The van der Waals surface area contributed by atoms with Crippen molar-refractivity contribution in [3.8, 4) is 11.8 Å². The number of aliphatic hydroxyl groups excluding tert-OH is 1. The Hall–Kier alpha value is -1.36. The van der Waals surface area contributed by atoms with Gasteiger partial charge in [0, 0.05) is 15.8 Å². The van der Waals surface area contributed by atoms with Crippen molar-refractivity contribution < 1.29 is 18.3 Å². The van der Waals surface area contributed by atoms with Crippen LogP contribution in [0.2, 0.25) is 0 Å². The van der Waals surface area contributed by atoms with Gasteiger partial charge in [-0.25, -0.2) is 12.7 Å². The molecule has 1 aromatic heterocycles. The maximum Gasteiger partial charge on any atom is 0.259 e. The molecule has 1 aromatic rings. The summed E-state index contributed by atoms with van der Waals surface area (Å²) in [6, 6.07) is 1.72. The van der Waals surface area contributed by atoms with Crippen molar-refractivity contribution in [2.24, 2.45) is 0 Å². The molecule has 7 heteroatoms. The second kappa shape index (κ2) is 4.63. The number of hydrogen-bond donors (Lipinski definition) is 1. The molecule has 19 heavy (non-hydrogen) atoms. The molecule has 5 nitrogen and oxygen atoms in total. The van der Waals surface area contributed by atoms with Gasteiger partial charge < -0.3 is 5.11 Å². The largest absolute Gasteiger partial charge is 0.384 e. The van der Waals surface area contributed by atoms with Crippen molar-refractivity contribution in [3.63, 3.8) is 0 Å². The van der Waals surface area contributed by atoms with Crippen LogP contribution in [-0.2, 0) is 21.4 Å². The van der Waals surface area contributed by atoms with Crippen LogP contribution < -0.4 is 0 Å². The second-order valence-corrected chi connectivity index (χ2v) is 8.00. The minimum Gasteiger partial charge on any atom is -0.384 e. The van der Waals surface area contributed by atoms with Crippen LogP contribution >= 0.6 is 11.3 Å². The van der Waals surface area contributed by atoms with Crippen molar-refractivity contribution in [2.45, 2.75) is 25.1 Å². The fourth-order valence-electron chi connectivity index (χ4n) is 1.73. The zero-order valence-corrected chi connectivity index (χ0v) is 12.1. The number of carbonyl (C=O) groups is 1. The first-order valence-corrected chi connectivity index (χ1v) is 7.86. The highest BCUT2D eigenvalue weighted by Crippen LogP contribution is 2.36. The van der Waals surface area contributed by atoms with Gasteiger partial charge in [0.25, 0.3) is 15.9 Å². The predicted molar refractivity (Wildman–Crippen MR) is 71.8 cm³/mol. The maximum atomic E-state index is 11.9. The second-order valence-electron chi connectivity index (χ2n) is 4.59. The molecule has 0 aliphatic carbocycles. The summed E-state index contributed by atoms with van der Waals surface area (Å²) in [5, 5.41) is 10.3. The minimum atomic E-state index is -3.54. The highest BCUT2D eigenvalue weighted by Gasteiger charge is 2.59. The van der Waals surface area contributed by atoms with Gasteiger partial charge in [-0.1, -0.05) is 11.8 Å². The molecule has 1 aliphatic heterocycles. The Balaban J connectivity index is 2.16. The van der Waals surface area contributed by atoms with E-state index in [1.807, 2.05) is 0 Å². The molecule has 102 valence electrons. The van der Waals surface area contributed by atoms with E-state index in [2.05, 4.69) is 11.8 Å². The zero-order valence-electron chi connectivity index (χ0n) is 10.5. The van der Waals surface area contributed by atoms with Gasteiger partial charge in [0.15, 0.2) is 4.75 Å². The summed E-state index contributed by atoms with van der Waals surface area (Å²) in [7, 11) is -3.54. The molecule has 0 saturated carbocycles. The van der Waals surface area contributed by atoms with Crippen LogP contribution in [0, 0.1) is 11.8 Å². The van der Waals surface area contributed by atoms with E-state index in [1.165, 1.54) is 25.2 Å². The zero-order chi connectivity index (χ0) is 14.3. The average molecular weight is 299 g/mol. The van der Waals surface area contributed by atoms with Crippen molar-refractivity contribution in [1.82, 2.24) is 4.31 Å². The Morgan fingerprint density at radius 1 is 1.47 bits per heavy atom. The quantitative estimate of drug-likeness (QED) is 0.809. The van der Waals surface area contributed by atoms with Crippen molar-refractivity contribution in [2.75, 3.05) is 6.61 Å². The van der Waals surface area contributed by atoms with Crippen LogP contribution in [-0.4, -0.2) is 35.1 Å². The lowest BCUT2D eigenvalue weighted by molar-refractivity contribution is -0.132. The van der Waals surface area contributed by atoms with Crippen LogP contribution in [0.3, 0.4) is 0 Å². The van der Waals surface area contributed by atoms with Crippen molar-refractivity contribution in [3.05, 3.63) is 21.9 Å². The Morgan fingerprint density at radius 3 is 2.74 bits per heavy atom. The SMILES string of the molecule is CC1(C)C(=O)N(Cc2cc(C#CCO)cs2)S1(=O)=O. The topological polar surface area (TPSA) is 74.7 Å². The van der Waals surface area contributed by atoms with Gasteiger partial charge in [-0.3, -0.25) is 4.79 Å². The first kappa shape index (κ1) is 14.1. The molecular formula is C12H13NO4S2. The molecule has 1 fully saturated rings. The lowest BCUT2D eigenvalue weighted by atomic mass is 10.2. The Morgan fingerprint density at radius 2 is 2.16 bits per heavy atom. The van der Waals surface area contributed by atoms with E-state index in [-0.39, 0.29) is 19.1 Å². The molecule has 0 radical (unpaired) electrons. The molecule has 2 heterocycles. The molecule has 2 rings (SSSR count). The molecule has 0 aromatic carbocycles. The summed E-state index contributed by atoms with van der Waals surface area (Å²) in [6.45, 7) is 2.65. The van der Waals surface area contributed by atoms with E-state index >= 15 is 0 Å². The lowest BCUT2D eigenvalue weighted by Crippen LogP contribution is -2.66. The fraction of sp³-hybridized carbons (Fsp3) is 0.417. The van der Waals surface area contributed by atoms with Gasteiger partial charge in [-0.2, -0.15) is 0 Å². The maximum absolute atomic E-state index is 11.9. The summed E-state index contributed by atoms with van der Waals surface area (Å²) in [5.74, 6) is 4.86. The van der Waals surface area contributed by atoms with Crippen molar-refractivity contribution in [1.29, 1.82) is 0 Å². The smallest absolute Gasteiger partial charge is 0.259 e. The summed E-state index contributed by atoms with van der Waals surface area (Å²) in [4.78, 5) is 12.5. The molecule has 1 amide bonds. The predicted octanol–water partition coefficient (Wildman–Crippen LogP) is 0.542. The minimum absolute atomic E-state index is 0.0517. The van der Waals surface area contributed by atoms with Crippen LogP contribution in [0.15, 0.2) is 11.4 Å². The third-order valence-electron chi connectivity index (χ3n) is 2.94. The van der Waals surface area contributed by atoms with Gasteiger partial charge in [0.05, 0.1) is 6.54 Å². The third-order valence-corrected chi connectivity index (χ3v) is 6.20. The molecule has 1 aliphatic rings. The highest BCUT2D eigenvalue weighted by molar-refractivity contribution is 7.94. The van der Waals surface area contributed by atoms with E-state index < -0.39 is 14.8 Å². The van der Waals surface area contributed by atoms with Crippen LogP contribution in [0.4, 0.5) is 0 Å². The number of carbonyl (C=O) groups excluding carboxylic acids is 1. The standard InChI is InChI=1S/C12H13NO4S2/c1-12(2)11(15)13(19(12,16)17)7-10-6-9(8-18-10)4-3-5-14/h6,8,14H,5,7H2,1-2H3. The van der Waals surface area contributed by atoms with Gasteiger partial charge in [-0.05, 0) is 19.9 Å². The number of aliphatic hydroxyl groups is 1. The summed E-state index contributed by atoms with van der Waals surface area (Å²) < 4.78 is 23.4. The molecular weight excluding hydrogens is 286 g/mol. The molecule has 0 atom stereocenters. The van der Waals surface area contributed by atoms with E-state index in [4.69, 9.17) is 5.11 Å². The fourth-order valence-corrected chi connectivity index (χ4v) is 4.12. The third kappa shape index (κ3) is 2.16. The summed E-state index contributed by atoms with van der Waals surface area (Å²) >= 11 is 1.34. The van der Waals surface area contributed by atoms with Crippen molar-refractivity contribution >= 4 is 27.3 Å². The van der Waals surface area contributed by atoms with Gasteiger partial charge in [-0.15, -0.1) is 11.3 Å². The molecule has 0 bridgehead atoms. The Bertz CT molecular complexity index is 676. The average Bonchev–Trinajstić information content (AvgIpc) is 2.80. The highest BCUT2D eigenvalue weighted by atomic mass is 32.2. The van der Waals surface area contributed by atoms with E-state index in [0.717, 1.165) is 9.18 Å². The van der Waals surface area contributed by atoms with Crippen LogP contribution in [0.5, 0.6) is 0 Å². The Kier molecular flexibility index (Phi) is 3.43. The normalized spacial score (nSPS) is 19.5. The summed E-state index contributed by atoms with van der Waals surface area (Å²) in [6.07, 6.45) is 0. The molecule has 0 spiro atoms. The summed E-state index contributed by atoms with van der Waals surface area (Å²) in [5.41, 5.74) is 0.707. The lowest BCUT2D eigenvalue weighted by Gasteiger charge is -2.42. The van der Waals surface area contributed by atoms with Gasteiger partial charge >= 0.3 is 0 Å². The van der Waals surface area contributed by atoms with E-state index in [9.17, 15) is 13.2 Å². The number of rotatable bonds is 2. The number of thiophene rings is 1.